The van der Waals surface area contributed by atoms with Gasteiger partial charge in [-0.2, -0.15) is 10.5 Å². The maximum absolute atomic E-state index is 10.7. The lowest BCUT2D eigenvalue weighted by atomic mass is 10.1. The van der Waals surface area contributed by atoms with Gasteiger partial charge in [0.2, 0.25) is 0 Å². The van der Waals surface area contributed by atoms with E-state index in [1.165, 1.54) is 13.0 Å². The van der Waals surface area contributed by atoms with Crippen LogP contribution >= 0.6 is 0 Å². The summed E-state index contributed by atoms with van der Waals surface area (Å²) in [5, 5.41) is 37.3. The van der Waals surface area contributed by atoms with Crippen LogP contribution in [0.5, 0.6) is 5.75 Å². The van der Waals surface area contributed by atoms with Gasteiger partial charge in [0.25, 0.3) is 5.69 Å². The van der Waals surface area contributed by atoms with Crippen LogP contribution in [0, 0.1) is 39.7 Å². The Morgan fingerprint density at radius 3 is 2.53 bits per heavy atom. The highest BCUT2D eigenvalue weighted by Gasteiger charge is 2.14. The van der Waals surface area contributed by atoms with E-state index < -0.39 is 4.92 Å². The van der Waals surface area contributed by atoms with Crippen LogP contribution in [0.4, 0.5) is 5.69 Å². The SMILES string of the molecule is Cc1cc(O)c(C=C(C#N)C#N)cc1[N+](=O)[O-]. The Bertz CT molecular complexity index is 575. The molecule has 1 aromatic rings. The number of nitro benzene ring substituents is 1. The van der Waals surface area contributed by atoms with Crippen LogP contribution in [-0.2, 0) is 0 Å². The highest BCUT2D eigenvalue weighted by molar-refractivity contribution is 5.69. The number of hydrogen-bond acceptors (Lipinski definition) is 5. The molecular weight excluding hydrogens is 222 g/mol. The summed E-state index contributed by atoms with van der Waals surface area (Å²) >= 11 is 0. The summed E-state index contributed by atoms with van der Waals surface area (Å²) in [4.78, 5) is 10.1. The van der Waals surface area contributed by atoms with Crippen LogP contribution in [0.1, 0.15) is 11.1 Å². The summed E-state index contributed by atoms with van der Waals surface area (Å²) in [6.45, 7) is 1.49. The van der Waals surface area contributed by atoms with Crippen molar-refractivity contribution in [3.8, 4) is 17.9 Å². The smallest absolute Gasteiger partial charge is 0.273 e. The average molecular weight is 229 g/mol. The summed E-state index contributed by atoms with van der Waals surface area (Å²) in [6, 6.07) is 5.56. The zero-order valence-corrected chi connectivity index (χ0v) is 8.84. The summed E-state index contributed by atoms with van der Waals surface area (Å²) in [6.07, 6.45) is 1.10. The minimum absolute atomic E-state index is 0.0698. The molecule has 0 saturated carbocycles. The number of nitrogens with zero attached hydrogens (tertiary/aromatic N) is 3. The van der Waals surface area contributed by atoms with Crippen LogP contribution in [0.25, 0.3) is 6.08 Å². The largest absolute Gasteiger partial charge is 0.507 e. The lowest BCUT2D eigenvalue weighted by molar-refractivity contribution is -0.385. The Hall–Kier alpha value is -2.86. The molecule has 0 aromatic heterocycles. The van der Waals surface area contributed by atoms with Gasteiger partial charge in [-0.05, 0) is 19.1 Å². The van der Waals surface area contributed by atoms with Crippen molar-refractivity contribution >= 4 is 11.8 Å². The number of phenolic OH excluding ortho intramolecular Hbond substituents is 1. The lowest BCUT2D eigenvalue weighted by Crippen LogP contribution is -1.92. The Balaban J connectivity index is 3.42. The zero-order valence-electron chi connectivity index (χ0n) is 8.84. The lowest BCUT2D eigenvalue weighted by Gasteiger charge is -2.02. The molecule has 0 spiro atoms. The van der Waals surface area contributed by atoms with Gasteiger partial charge in [-0.25, -0.2) is 0 Å². The molecule has 84 valence electrons. The highest BCUT2D eigenvalue weighted by atomic mass is 16.6. The fraction of sp³-hybridized carbons (Fsp3) is 0.0909. The fourth-order valence-electron chi connectivity index (χ4n) is 1.25. The summed E-state index contributed by atoms with van der Waals surface area (Å²) in [5.41, 5.74) is -0.0387. The number of phenols is 1. The van der Waals surface area contributed by atoms with Gasteiger partial charge >= 0.3 is 0 Å². The third kappa shape index (κ3) is 2.58. The molecule has 1 rings (SSSR count). The summed E-state index contributed by atoms with van der Waals surface area (Å²) in [5.74, 6) is -0.212. The van der Waals surface area contributed by atoms with Gasteiger partial charge in [-0.3, -0.25) is 10.1 Å². The van der Waals surface area contributed by atoms with Crippen molar-refractivity contribution < 1.29 is 10.0 Å². The van der Waals surface area contributed by atoms with Crippen molar-refractivity contribution in [1.82, 2.24) is 0 Å². The number of aryl methyl sites for hydroxylation is 1. The molecule has 6 nitrogen and oxygen atoms in total. The van der Waals surface area contributed by atoms with E-state index in [-0.39, 0.29) is 22.6 Å². The van der Waals surface area contributed by atoms with Crippen LogP contribution in [0.2, 0.25) is 0 Å². The molecule has 0 aliphatic rings. The Morgan fingerprint density at radius 1 is 1.47 bits per heavy atom. The third-order valence-electron chi connectivity index (χ3n) is 2.08. The second-order valence-electron chi connectivity index (χ2n) is 3.24. The molecule has 0 radical (unpaired) electrons. The van der Waals surface area contributed by atoms with E-state index in [2.05, 4.69) is 0 Å². The molecule has 0 fully saturated rings. The van der Waals surface area contributed by atoms with Crippen molar-refractivity contribution in [1.29, 1.82) is 10.5 Å². The Labute approximate surface area is 96.8 Å². The molecule has 0 saturated heterocycles. The van der Waals surface area contributed by atoms with Gasteiger partial charge in [0.15, 0.2) is 0 Å². The number of nitro groups is 1. The summed E-state index contributed by atoms with van der Waals surface area (Å²) < 4.78 is 0. The standard InChI is InChI=1S/C11H7N3O3/c1-7-2-11(15)9(3-8(5-12)6-13)4-10(7)14(16)17/h2-4,15H,1H3. The molecule has 1 aromatic carbocycles. The molecule has 0 aliphatic carbocycles. The first-order valence-electron chi connectivity index (χ1n) is 4.49. The molecule has 0 amide bonds. The quantitative estimate of drug-likeness (QED) is 0.473. The van der Waals surface area contributed by atoms with Gasteiger partial charge < -0.3 is 5.11 Å². The number of aromatic hydroxyl groups is 1. The van der Waals surface area contributed by atoms with Crippen molar-refractivity contribution in [3.05, 3.63) is 38.9 Å². The number of nitriles is 2. The second-order valence-corrected chi connectivity index (χ2v) is 3.24. The average Bonchev–Trinajstić information content (AvgIpc) is 2.27. The number of allylic oxidation sites excluding steroid dienone is 1. The first-order chi connectivity index (χ1) is 7.99. The van der Waals surface area contributed by atoms with E-state index in [4.69, 9.17) is 10.5 Å². The number of benzene rings is 1. The van der Waals surface area contributed by atoms with Gasteiger partial charge in [-0.15, -0.1) is 0 Å². The molecule has 0 heterocycles. The topological polar surface area (TPSA) is 111 Å². The van der Waals surface area contributed by atoms with Crippen molar-refractivity contribution in [2.45, 2.75) is 6.92 Å². The predicted octanol–water partition coefficient (Wildman–Crippen LogP) is 2.04. The molecule has 17 heavy (non-hydrogen) atoms. The first-order valence-corrected chi connectivity index (χ1v) is 4.49. The second kappa shape index (κ2) is 4.77. The maximum atomic E-state index is 10.7. The van der Waals surface area contributed by atoms with Gasteiger partial charge in [0.1, 0.15) is 23.5 Å². The maximum Gasteiger partial charge on any atom is 0.273 e. The van der Waals surface area contributed by atoms with E-state index in [1.807, 2.05) is 0 Å². The van der Waals surface area contributed by atoms with Crippen molar-refractivity contribution in [3.63, 3.8) is 0 Å². The van der Waals surface area contributed by atoms with Crippen LogP contribution in [-0.4, -0.2) is 10.0 Å². The Kier molecular flexibility index (Phi) is 3.43. The van der Waals surface area contributed by atoms with Crippen LogP contribution < -0.4 is 0 Å². The minimum atomic E-state index is -0.593. The van der Waals surface area contributed by atoms with E-state index in [9.17, 15) is 15.2 Å². The molecule has 6 heteroatoms. The van der Waals surface area contributed by atoms with E-state index in [1.54, 1.807) is 12.1 Å². The van der Waals surface area contributed by atoms with Crippen molar-refractivity contribution in [2.24, 2.45) is 0 Å². The Morgan fingerprint density at radius 2 is 2.06 bits per heavy atom. The third-order valence-corrected chi connectivity index (χ3v) is 2.08. The summed E-state index contributed by atoms with van der Waals surface area (Å²) in [7, 11) is 0. The predicted molar refractivity (Wildman–Crippen MR) is 58.7 cm³/mol. The molecule has 1 N–H and O–H groups in total. The van der Waals surface area contributed by atoms with E-state index in [0.717, 1.165) is 12.1 Å². The van der Waals surface area contributed by atoms with E-state index in [0.29, 0.717) is 5.56 Å². The molecule has 0 unspecified atom stereocenters. The van der Waals surface area contributed by atoms with Crippen molar-refractivity contribution in [2.75, 3.05) is 0 Å². The molecule has 0 aliphatic heterocycles. The fourth-order valence-corrected chi connectivity index (χ4v) is 1.25. The highest BCUT2D eigenvalue weighted by Crippen LogP contribution is 2.28. The van der Waals surface area contributed by atoms with Crippen LogP contribution in [0.3, 0.4) is 0 Å². The first kappa shape index (κ1) is 12.2. The van der Waals surface area contributed by atoms with Gasteiger partial charge in [-0.1, -0.05) is 0 Å². The molecule has 0 atom stereocenters. The van der Waals surface area contributed by atoms with E-state index >= 15 is 0 Å². The minimum Gasteiger partial charge on any atom is -0.507 e. The molecular formula is C11H7N3O3. The molecule has 0 bridgehead atoms. The van der Waals surface area contributed by atoms with Crippen LogP contribution in [0.15, 0.2) is 17.7 Å². The number of hydrogen-bond donors (Lipinski definition) is 1. The van der Waals surface area contributed by atoms with Gasteiger partial charge in [0, 0.05) is 17.2 Å². The monoisotopic (exact) mass is 229 g/mol. The zero-order chi connectivity index (χ0) is 13.0. The normalized spacial score (nSPS) is 8.88. The van der Waals surface area contributed by atoms with Gasteiger partial charge in [0.05, 0.1) is 4.92 Å². The number of rotatable bonds is 2.